The fourth-order valence-electron chi connectivity index (χ4n) is 1.65. The molecule has 4 nitrogen and oxygen atoms in total. The Morgan fingerprint density at radius 1 is 1.19 bits per heavy atom. The summed E-state index contributed by atoms with van der Waals surface area (Å²) in [7, 11) is 0. The molecule has 2 rings (SSSR count). The van der Waals surface area contributed by atoms with Gasteiger partial charge in [0.15, 0.2) is 0 Å². The van der Waals surface area contributed by atoms with Gasteiger partial charge in [-0.3, -0.25) is 4.79 Å². The molecule has 0 spiro atoms. The van der Waals surface area contributed by atoms with Crippen molar-refractivity contribution in [2.45, 2.75) is 0 Å². The standard InChI is InChI=1S/C14H8BrClFNO3/c15-8-3-7(4-9(16)5-8)13(19)18-10-1-2-11(14(20)21)12(17)6-10/h1-6H,(H,18,19)(H,20,21). The van der Waals surface area contributed by atoms with Crippen molar-refractivity contribution in [2.75, 3.05) is 5.32 Å². The first kappa shape index (κ1) is 15.5. The molecular weight excluding hydrogens is 365 g/mol. The van der Waals surface area contributed by atoms with Crippen molar-refractivity contribution in [1.29, 1.82) is 0 Å². The number of amides is 1. The first-order valence-electron chi connectivity index (χ1n) is 5.67. The summed E-state index contributed by atoms with van der Waals surface area (Å²) in [6.45, 7) is 0. The lowest BCUT2D eigenvalue weighted by molar-refractivity contribution is 0.0692. The van der Waals surface area contributed by atoms with Gasteiger partial charge in [0.25, 0.3) is 5.91 Å². The van der Waals surface area contributed by atoms with Crippen LogP contribution in [0.2, 0.25) is 5.02 Å². The normalized spacial score (nSPS) is 10.2. The number of nitrogens with one attached hydrogen (secondary N) is 1. The Labute approximate surface area is 132 Å². The molecule has 0 aliphatic carbocycles. The van der Waals surface area contributed by atoms with Crippen LogP contribution >= 0.6 is 27.5 Å². The fraction of sp³-hybridized carbons (Fsp3) is 0. The van der Waals surface area contributed by atoms with Gasteiger partial charge in [-0.25, -0.2) is 9.18 Å². The van der Waals surface area contributed by atoms with Crippen molar-refractivity contribution in [1.82, 2.24) is 0 Å². The Morgan fingerprint density at radius 2 is 1.90 bits per heavy atom. The van der Waals surface area contributed by atoms with Crippen molar-refractivity contribution in [3.63, 3.8) is 0 Å². The van der Waals surface area contributed by atoms with Crippen molar-refractivity contribution in [3.8, 4) is 0 Å². The minimum absolute atomic E-state index is 0.151. The SMILES string of the molecule is O=C(Nc1ccc(C(=O)O)c(F)c1)c1cc(Cl)cc(Br)c1. The highest BCUT2D eigenvalue weighted by Crippen LogP contribution is 2.21. The molecule has 1 amide bonds. The number of carbonyl (C=O) groups is 2. The summed E-state index contributed by atoms with van der Waals surface area (Å²) >= 11 is 9.06. The Hall–Kier alpha value is -1.92. The number of carboxylic acids is 1. The van der Waals surface area contributed by atoms with Crippen LogP contribution in [0.3, 0.4) is 0 Å². The Bertz CT molecular complexity index is 716. The van der Waals surface area contributed by atoms with E-state index < -0.39 is 23.3 Å². The molecule has 0 saturated carbocycles. The number of carboxylic acid groups (broad SMARTS) is 1. The van der Waals surface area contributed by atoms with Gasteiger partial charge in [0.05, 0.1) is 5.56 Å². The maximum atomic E-state index is 13.5. The molecule has 0 saturated heterocycles. The predicted octanol–water partition coefficient (Wildman–Crippen LogP) is 4.19. The first-order chi connectivity index (χ1) is 9.86. The molecule has 2 aromatic rings. The molecule has 21 heavy (non-hydrogen) atoms. The molecule has 0 atom stereocenters. The van der Waals surface area contributed by atoms with Crippen LogP contribution in [0, 0.1) is 5.82 Å². The zero-order valence-corrected chi connectivity index (χ0v) is 12.7. The Morgan fingerprint density at radius 3 is 2.48 bits per heavy atom. The Kier molecular flexibility index (Phi) is 4.59. The van der Waals surface area contributed by atoms with E-state index in [4.69, 9.17) is 16.7 Å². The van der Waals surface area contributed by atoms with Crippen LogP contribution in [0.1, 0.15) is 20.7 Å². The summed E-state index contributed by atoms with van der Waals surface area (Å²) in [5.41, 5.74) is -0.0193. The molecule has 108 valence electrons. The van der Waals surface area contributed by atoms with Crippen LogP contribution in [-0.4, -0.2) is 17.0 Å². The lowest BCUT2D eigenvalue weighted by Gasteiger charge is -2.07. The second-order valence-electron chi connectivity index (χ2n) is 4.11. The molecule has 0 bridgehead atoms. The number of aromatic carboxylic acids is 1. The van der Waals surface area contributed by atoms with Crippen molar-refractivity contribution < 1.29 is 19.1 Å². The lowest BCUT2D eigenvalue weighted by Crippen LogP contribution is -2.12. The number of benzene rings is 2. The van der Waals surface area contributed by atoms with Gasteiger partial charge in [-0.1, -0.05) is 27.5 Å². The van der Waals surface area contributed by atoms with Gasteiger partial charge in [0.2, 0.25) is 0 Å². The second-order valence-corrected chi connectivity index (χ2v) is 5.46. The number of rotatable bonds is 3. The zero-order chi connectivity index (χ0) is 15.6. The molecule has 0 unspecified atom stereocenters. The maximum absolute atomic E-state index is 13.5. The number of carbonyl (C=O) groups excluding carboxylic acids is 1. The third-order valence-electron chi connectivity index (χ3n) is 2.58. The monoisotopic (exact) mass is 371 g/mol. The number of hydrogen-bond acceptors (Lipinski definition) is 2. The van der Waals surface area contributed by atoms with E-state index in [1.807, 2.05) is 0 Å². The average Bonchev–Trinajstić information content (AvgIpc) is 2.37. The molecule has 0 fully saturated rings. The molecule has 2 aromatic carbocycles. The zero-order valence-electron chi connectivity index (χ0n) is 10.4. The highest BCUT2D eigenvalue weighted by Gasteiger charge is 2.13. The molecule has 7 heteroatoms. The van der Waals surface area contributed by atoms with E-state index in [-0.39, 0.29) is 11.3 Å². The molecule has 0 aliphatic rings. The minimum atomic E-state index is -1.37. The van der Waals surface area contributed by atoms with Gasteiger partial charge in [-0.15, -0.1) is 0 Å². The summed E-state index contributed by atoms with van der Waals surface area (Å²) in [6, 6.07) is 7.98. The minimum Gasteiger partial charge on any atom is -0.478 e. The number of halogens is 3. The van der Waals surface area contributed by atoms with E-state index in [0.29, 0.717) is 9.50 Å². The summed E-state index contributed by atoms with van der Waals surface area (Å²) in [5.74, 6) is -2.78. The van der Waals surface area contributed by atoms with Gasteiger partial charge < -0.3 is 10.4 Å². The van der Waals surface area contributed by atoms with Gasteiger partial charge in [-0.05, 0) is 36.4 Å². The molecule has 0 aliphatic heterocycles. The van der Waals surface area contributed by atoms with E-state index in [1.54, 1.807) is 12.1 Å². The smallest absolute Gasteiger partial charge is 0.338 e. The summed E-state index contributed by atoms with van der Waals surface area (Å²) < 4.78 is 14.2. The molecule has 2 N–H and O–H groups in total. The average molecular weight is 373 g/mol. The molecule has 0 radical (unpaired) electrons. The van der Waals surface area contributed by atoms with E-state index in [9.17, 15) is 14.0 Å². The summed E-state index contributed by atoms with van der Waals surface area (Å²) in [6.07, 6.45) is 0. The third-order valence-corrected chi connectivity index (χ3v) is 3.26. The highest BCUT2D eigenvalue weighted by molar-refractivity contribution is 9.10. The summed E-state index contributed by atoms with van der Waals surface area (Å²) in [4.78, 5) is 22.7. The van der Waals surface area contributed by atoms with Crippen molar-refractivity contribution in [2.24, 2.45) is 0 Å². The van der Waals surface area contributed by atoms with Crippen LogP contribution < -0.4 is 5.32 Å². The molecule has 0 aromatic heterocycles. The summed E-state index contributed by atoms with van der Waals surface area (Å²) in [5, 5.41) is 11.6. The van der Waals surface area contributed by atoms with Crippen LogP contribution in [0.5, 0.6) is 0 Å². The van der Waals surface area contributed by atoms with Crippen molar-refractivity contribution >= 4 is 45.1 Å². The van der Waals surface area contributed by atoms with Gasteiger partial charge >= 0.3 is 5.97 Å². The topological polar surface area (TPSA) is 66.4 Å². The van der Waals surface area contributed by atoms with Gasteiger partial charge in [-0.2, -0.15) is 0 Å². The van der Waals surface area contributed by atoms with E-state index in [2.05, 4.69) is 21.2 Å². The van der Waals surface area contributed by atoms with E-state index >= 15 is 0 Å². The van der Waals surface area contributed by atoms with E-state index in [1.165, 1.54) is 12.1 Å². The van der Waals surface area contributed by atoms with Crippen molar-refractivity contribution in [3.05, 3.63) is 62.8 Å². The van der Waals surface area contributed by atoms with Crippen LogP contribution in [0.25, 0.3) is 0 Å². The van der Waals surface area contributed by atoms with Gasteiger partial charge in [0.1, 0.15) is 5.82 Å². The Balaban J connectivity index is 2.23. The fourth-order valence-corrected chi connectivity index (χ4v) is 2.51. The quantitative estimate of drug-likeness (QED) is 0.849. The van der Waals surface area contributed by atoms with Gasteiger partial charge in [0, 0.05) is 20.7 Å². The lowest BCUT2D eigenvalue weighted by atomic mass is 10.1. The highest BCUT2D eigenvalue weighted by atomic mass is 79.9. The third kappa shape index (κ3) is 3.80. The molecular formula is C14H8BrClFNO3. The van der Waals surface area contributed by atoms with Crippen LogP contribution in [-0.2, 0) is 0 Å². The predicted molar refractivity (Wildman–Crippen MR) is 80.5 cm³/mol. The second kappa shape index (κ2) is 6.24. The number of hydrogen-bond donors (Lipinski definition) is 2. The molecule has 0 heterocycles. The first-order valence-corrected chi connectivity index (χ1v) is 6.84. The van der Waals surface area contributed by atoms with E-state index in [0.717, 1.165) is 12.1 Å². The number of anilines is 1. The maximum Gasteiger partial charge on any atom is 0.338 e. The van der Waals surface area contributed by atoms with Crippen LogP contribution in [0.4, 0.5) is 10.1 Å². The largest absolute Gasteiger partial charge is 0.478 e. The van der Waals surface area contributed by atoms with Crippen LogP contribution in [0.15, 0.2) is 40.9 Å².